The Morgan fingerprint density at radius 3 is 2.94 bits per heavy atom. The Bertz CT molecular complexity index is 736. The van der Waals surface area contributed by atoms with E-state index < -0.39 is 0 Å². The number of aromatic amines is 1. The molecular formula is C10H8N6NaO+. The molecule has 3 rings (SSSR count). The largest absolute Gasteiger partial charge is 1.00 e. The standard InChI is InChI=1S/C10H8N6O.Na/c1-6-3-2-4-16-9(6)11-5-7(10(16)17)8-12-14-15-13-8;/h2-5H,1H3,(H,12,13,14,15);/q;+1. The Labute approximate surface area is 124 Å². The Balaban J connectivity index is 0.00000120. The van der Waals surface area contributed by atoms with Crippen molar-refractivity contribution in [3.63, 3.8) is 0 Å². The van der Waals surface area contributed by atoms with Gasteiger partial charge in [0.2, 0.25) is 5.82 Å². The maximum atomic E-state index is 12.2. The van der Waals surface area contributed by atoms with Gasteiger partial charge in [-0.15, -0.1) is 10.2 Å². The number of aromatic nitrogens is 6. The van der Waals surface area contributed by atoms with Crippen molar-refractivity contribution < 1.29 is 29.6 Å². The minimum absolute atomic E-state index is 0. The Kier molecular flexibility index (Phi) is 3.55. The molecule has 0 saturated heterocycles. The number of fused-ring (bicyclic) bond motifs is 1. The minimum Gasteiger partial charge on any atom is -0.268 e. The maximum absolute atomic E-state index is 12.2. The summed E-state index contributed by atoms with van der Waals surface area (Å²) in [5, 5.41) is 13.3. The Morgan fingerprint density at radius 2 is 2.22 bits per heavy atom. The molecule has 3 heterocycles. The van der Waals surface area contributed by atoms with E-state index in [9.17, 15) is 4.79 Å². The predicted molar refractivity (Wildman–Crippen MR) is 59.4 cm³/mol. The van der Waals surface area contributed by atoms with Crippen molar-refractivity contribution in [3.05, 3.63) is 40.4 Å². The Hall–Kier alpha value is -1.57. The van der Waals surface area contributed by atoms with E-state index in [1.54, 1.807) is 12.3 Å². The summed E-state index contributed by atoms with van der Waals surface area (Å²) in [6, 6.07) is 3.70. The molecule has 3 aromatic heterocycles. The van der Waals surface area contributed by atoms with Gasteiger partial charge in [0.25, 0.3) is 5.56 Å². The molecule has 0 aromatic carbocycles. The summed E-state index contributed by atoms with van der Waals surface area (Å²) in [4.78, 5) is 16.4. The van der Waals surface area contributed by atoms with E-state index in [0.29, 0.717) is 11.2 Å². The molecule has 0 unspecified atom stereocenters. The minimum atomic E-state index is -0.208. The van der Waals surface area contributed by atoms with Crippen LogP contribution in [0.3, 0.4) is 0 Å². The number of hydrogen-bond acceptors (Lipinski definition) is 5. The summed E-state index contributed by atoms with van der Waals surface area (Å²) in [6.07, 6.45) is 3.14. The van der Waals surface area contributed by atoms with Crippen LogP contribution in [0.15, 0.2) is 29.3 Å². The topological polar surface area (TPSA) is 88.8 Å². The molecule has 7 nitrogen and oxygen atoms in total. The van der Waals surface area contributed by atoms with E-state index in [1.165, 1.54) is 10.6 Å². The zero-order valence-corrected chi connectivity index (χ0v) is 12.0. The Morgan fingerprint density at radius 1 is 1.39 bits per heavy atom. The van der Waals surface area contributed by atoms with Crippen LogP contribution < -0.4 is 35.1 Å². The SMILES string of the molecule is Cc1cccn2c(=O)c(-c3nn[nH]n3)cnc12.[Na+]. The van der Waals surface area contributed by atoms with E-state index in [0.717, 1.165) is 5.56 Å². The van der Waals surface area contributed by atoms with Gasteiger partial charge in [-0.1, -0.05) is 6.07 Å². The van der Waals surface area contributed by atoms with Gasteiger partial charge in [-0.2, -0.15) is 5.21 Å². The number of hydrogen-bond donors (Lipinski definition) is 1. The molecule has 18 heavy (non-hydrogen) atoms. The summed E-state index contributed by atoms with van der Waals surface area (Å²) >= 11 is 0. The summed E-state index contributed by atoms with van der Waals surface area (Å²) in [5.74, 6) is 0.249. The average molecular weight is 251 g/mol. The van der Waals surface area contributed by atoms with Gasteiger partial charge in [0.1, 0.15) is 11.2 Å². The molecule has 84 valence electrons. The van der Waals surface area contributed by atoms with Crippen LogP contribution in [0.5, 0.6) is 0 Å². The first-order valence-corrected chi connectivity index (χ1v) is 4.98. The second kappa shape index (κ2) is 4.97. The van der Waals surface area contributed by atoms with Gasteiger partial charge >= 0.3 is 29.6 Å². The molecule has 0 radical (unpaired) electrons. The number of pyridine rings is 1. The van der Waals surface area contributed by atoms with Crippen molar-refractivity contribution in [2.45, 2.75) is 6.92 Å². The molecule has 0 spiro atoms. The second-order valence-electron chi connectivity index (χ2n) is 3.60. The summed E-state index contributed by atoms with van der Waals surface area (Å²) < 4.78 is 1.47. The van der Waals surface area contributed by atoms with Crippen LogP contribution in [0.4, 0.5) is 0 Å². The zero-order chi connectivity index (χ0) is 11.8. The van der Waals surface area contributed by atoms with Crippen LogP contribution in [0.2, 0.25) is 0 Å². The number of nitrogens with zero attached hydrogens (tertiary/aromatic N) is 5. The van der Waals surface area contributed by atoms with Crippen LogP contribution in [-0.2, 0) is 0 Å². The zero-order valence-electron chi connectivity index (χ0n) is 9.95. The molecule has 0 bridgehead atoms. The third kappa shape index (κ3) is 1.96. The van der Waals surface area contributed by atoms with Gasteiger partial charge in [-0.25, -0.2) is 4.98 Å². The summed E-state index contributed by atoms with van der Waals surface area (Å²) in [6.45, 7) is 1.90. The molecular weight excluding hydrogens is 243 g/mol. The van der Waals surface area contributed by atoms with Crippen molar-refractivity contribution in [1.29, 1.82) is 0 Å². The first kappa shape index (κ1) is 12.9. The predicted octanol–water partition coefficient (Wildman–Crippen LogP) is -2.81. The van der Waals surface area contributed by atoms with Crippen molar-refractivity contribution in [2.24, 2.45) is 0 Å². The fourth-order valence-electron chi connectivity index (χ4n) is 1.68. The molecule has 8 heteroatoms. The quantitative estimate of drug-likeness (QED) is 0.471. The van der Waals surface area contributed by atoms with Crippen LogP contribution in [-0.4, -0.2) is 30.0 Å². The number of nitrogens with one attached hydrogen (secondary N) is 1. The van der Waals surface area contributed by atoms with Gasteiger partial charge in [-0.3, -0.25) is 9.20 Å². The number of aryl methyl sites for hydroxylation is 1. The van der Waals surface area contributed by atoms with Crippen molar-refractivity contribution >= 4 is 5.65 Å². The number of rotatable bonds is 1. The molecule has 0 saturated carbocycles. The van der Waals surface area contributed by atoms with E-state index in [1.807, 2.05) is 13.0 Å². The van der Waals surface area contributed by atoms with Crippen LogP contribution in [0, 0.1) is 6.92 Å². The third-order valence-electron chi connectivity index (χ3n) is 2.51. The number of tetrazole rings is 1. The maximum Gasteiger partial charge on any atom is 1.00 e. The molecule has 0 aliphatic heterocycles. The first-order valence-electron chi connectivity index (χ1n) is 4.98. The van der Waals surface area contributed by atoms with E-state index in [2.05, 4.69) is 25.6 Å². The summed E-state index contributed by atoms with van der Waals surface area (Å²) in [7, 11) is 0. The first-order chi connectivity index (χ1) is 8.27. The molecule has 3 aromatic rings. The van der Waals surface area contributed by atoms with Crippen LogP contribution in [0.1, 0.15) is 5.56 Å². The molecule has 0 atom stereocenters. The average Bonchev–Trinajstić information content (AvgIpc) is 2.84. The fraction of sp³-hybridized carbons (Fsp3) is 0.100. The third-order valence-corrected chi connectivity index (χ3v) is 2.51. The van der Waals surface area contributed by atoms with Crippen molar-refractivity contribution in [3.8, 4) is 11.4 Å². The molecule has 0 amide bonds. The van der Waals surface area contributed by atoms with E-state index in [-0.39, 0.29) is 40.9 Å². The van der Waals surface area contributed by atoms with Gasteiger partial charge in [0, 0.05) is 12.4 Å². The molecule has 0 fully saturated rings. The van der Waals surface area contributed by atoms with Crippen LogP contribution >= 0.6 is 0 Å². The van der Waals surface area contributed by atoms with E-state index in [4.69, 9.17) is 0 Å². The molecule has 1 N–H and O–H groups in total. The fourth-order valence-corrected chi connectivity index (χ4v) is 1.68. The summed E-state index contributed by atoms with van der Waals surface area (Å²) in [5.41, 5.74) is 1.68. The van der Waals surface area contributed by atoms with Crippen molar-refractivity contribution in [1.82, 2.24) is 30.0 Å². The van der Waals surface area contributed by atoms with Crippen molar-refractivity contribution in [2.75, 3.05) is 0 Å². The molecule has 0 aliphatic carbocycles. The van der Waals surface area contributed by atoms with Gasteiger partial charge in [0.05, 0.1) is 0 Å². The second-order valence-corrected chi connectivity index (χ2v) is 3.60. The van der Waals surface area contributed by atoms with Crippen LogP contribution in [0.25, 0.3) is 17.0 Å². The van der Waals surface area contributed by atoms with Gasteiger partial charge in [0.15, 0.2) is 0 Å². The van der Waals surface area contributed by atoms with Gasteiger partial charge in [-0.05, 0) is 23.8 Å². The smallest absolute Gasteiger partial charge is 0.268 e. The number of H-pyrrole nitrogens is 1. The van der Waals surface area contributed by atoms with Gasteiger partial charge < -0.3 is 0 Å². The monoisotopic (exact) mass is 251 g/mol. The molecule has 0 aliphatic rings. The normalized spacial score (nSPS) is 10.3. The van der Waals surface area contributed by atoms with E-state index >= 15 is 0 Å².